The number of H-pyrrole nitrogens is 1. The van der Waals surface area contributed by atoms with Crippen molar-refractivity contribution < 1.29 is 13.9 Å². The number of benzene rings is 2. The second-order valence-electron chi connectivity index (χ2n) is 7.58. The maximum Gasteiger partial charge on any atom is 0.162 e. The second-order valence-corrected chi connectivity index (χ2v) is 7.58. The highest BCUT2D eigenvalue weighted by molar-refractivity contribution is 6.09. The molecule has 31 heavy (non-hydrogen) atoms. The average molecular weight is 421 g/mol. The third-order valence-electron chi connectivity index (χ3n) is 5.87. The number of ether oxygens (including phenoxy) is 2. The molecule has 0 unspecified atom stereocenters. The van der Waals surface area contributed by atoms with Gasteiger partial charge in [0.1, 0.15) is 24.0 Å². The smallest absolute Gasteiger partial charge is 0.162 e. The minimum Gasteiger partial charge on any atom is -0.493 e. The van der Waals surface area contributed by atoms with Gasteiger partial charge in [0.25, 0.3) is 0 Å². The second kappa shape index (κ2) is 7.94. The van der Waals surface area contributed by atoms with Crippen LogP contribution in [-0.2, 0) is 6.67 Å². The number of alkyl halides is 1. The Morgan fingerprint density at radius 2 is 1.71 bits per heavy atom. The zero-order valence-corrected chi connectivity index (χ0v) is 17.6. The first-order valence-corrected chi connectivity index (χ1v) is 10.2. The number of methoxy groups -OCH3 is 2. The molecular formula is C23H24FN5O2. The highest BCUT2D eigenvalue weighted by atomic mass is 19.1. The molecule has 5 rings (SSSR count). The van der Waals surface area contributed by atoms with Crippen molar-refractivity contribution in [1.82, 2.24) is 15.0 Å². The van der Waals surface area contributed by atoms with Gasteiger partial charge in [0.2, 0.25) is 0 Å². The normalized spacial score (nSPS) is 14.4. The zero-order valence-electron chi connectivity index (χ0n) is 17.6. The third-order valence-corrected chi connectivity index (χ3v) is 5.87. The van der Waals surface area contributed by atoms with Crippen LogP contribution in [0.2, 0.25) is 0 Å². The Labute approximate surface area is 179 Å². The maximum atomic E-state index is 13.0. The van der Waals surface area contributed by atoms with Crippen LogP contribution in [0.3, 0.4) is 0 Å². The van der Waals surface area contributed by atoms with Crippen LogP contribution in [0.5, 0.6) is 11.5 Å². The van der Waals surface area contributed by atoms with Crippen LogP contribution in [0.25, 0.3) is 21.9 Å². The molecule has 1 aliphatic heterocycles. The summed E-state index contributed by atoms with van der Waals surface area (Å²) in [5, 5.41) is 0.970. The van der Waals surface area contributed by atoms with E-state index in [0.717, 1.165) is 59.6 Å². The lowest BCUT2D eigenvalue weighted by atomic mass is 10.2. The maximum absolute atomic E-state index is 13.0. The van der Waals surface area contributed by atoms with E-state index in [0.29, 0.717) is 17.1 Å². The van der Waals surface area contributed by atoms with Gasteiger partial charge in [-0.2, -0.15) is 0 Å². The Hall–Kier alpha value is -3.55. The van der Waals surface area contributed by atoms with Crippen molar-refractivity contribution in [1.29, 1.82) is 0 Å². The van der Waals surface area contributed by atoms with E-state index >= 15 is 0 Å². The first kappa shape index (κ1) is 19.4. The van der Waals surface area contributed by atoms with Crippen molar-refractivity contribution in [2.75, 3.05) is 50.2 Å². The number of nitrogens with one attached hydrogen (secondary N) is 1. The number of hydrogen-bond donors (Lipinski definition) is 1. The van der Waals surface area contributed by atoms with Crippen LogP contribution in [0.15, 0.2) is 42.7 Å². The largest absolute Gasteiger partial charge is 0.493 e. The predicted molar refractivity (Wildman–Crippen MR) is 120 cm³/mol. The van der Waals surface area contributed by atoms with Crippen LogP contribution >= 0.6 is 0 Å². The van der Waals surface area contributed by atoms with Crippen molar-refractivity contribution in [3.05, 3.63) is 48.3 Å². The highest BCUT2D eigenvalue weighted by Crippen LogP contribution is 2.37. The van der Waals surface area contributed by atoms with Crippen LogP contribution in [0.1, 0.15) is 5.56 Å². The van der Waals surface area contributed by atoms with Crippen molar-refractivity contribution in [3.63, 3.8) is 0 Å². The standard InChI is InChI=1S/C23H24FN5O2/c1-30-19-11-17-18(12-20(19)31-2)27-22-21(17)25-14-26-23(22)29-8-6-28(7-9-29)16-5-3-4-15(10-16)13-24/h3-5,10-12,14,27H,6-9,13H2,1-2H3. The van der Waals surface area contributed by atoms with E-state index in [1.165, 1.54) is 0 Å². The van der Waals surface area contributed by atoms with Crippen molar-refractivity contribution in [3.8, 4) is 11.5 Å². The minimum atomic E-state index is -0.442. The summed E-state index contributed by atoms with van der Waals surface area (Å²) in [5.41, 5.74) is 4.46. The Morgan fingerprint density at radius 1 is 0.968 bits per heavy atom. The van der Waals surface area contributed by atoms with Crippen LogP contribution in [0, 0.1) is 0 Å². The molecule has 0 atom stereocenters. The summed E-state index contributed by atoms with van der Waals surface area (Å²) in [5.74, 6) is 2.22. The lowest BCUT2D eigenvalue weighted by Crippen LogP contribution is -2.47. The zero-order chi connectivity index (χ0) is 21.4. The molecule has 7 nitrogen and oxygen atoms in total. The molecule has 1 N–H and O–H groups in total. The van der Waals surface area contributed by atoms with E-state index < -0.39 is 6.67 Å². The number of piperazine rings is 1. The van der Waals surface area contributed by atoms with Crippen molar-refractivity contribution in [2.45, 2.75) is 6.67 Å². The SMILES string of the molecule is COc1cc2[nH]c3c(N4CCN(c5cccc(CF)c5)CC4)ncnc3c2cc1OC. The first-order valence-electron chi connectivity index (χ1n) is 10.2. The molecule has 0 aliphatic carbocycles. The molecule has 0 amide bonds. The minimum absolute atomic E-state index is 0.442. The average Bonchev–Trinajstić information content (AvgIpc) is 3.20. The molecule has 0 bridgehead atoms. The number of halogens is 1. The summed E-state index contributed by atoms with van der Waals surface area (Å²) >= 11 is 0. The van der Waals surface area contributed by atoms with Gasteiger partial charge in [-0.1, -0.05) is 12.1 Å². The van der Waals surface area contributed by atoms with Crippen molar-refractivity contribution in [2.24, 2.45) is 0 Å². The molecular weight excluding hydrogens is 397 g/mol. The van der Waals surface area contributed by atoms with Gasteiger partial charge in [-0.05, 0) is 23.8 Å². The lowest BCUT2D eigenvalue weighted by Gasteiger charge is -2.36. The third kappa shape index (κ3) is 3.37. The molecule has 4 aromatic rings. The van der Waals surface area contributed by atoms with E-state index in [4.69, 9.17) is 9.47 Å². The summed E-state index contributed by atoms with van der Waals surface area (Å²) in [7, 11) is 3.25. The number of aromatic nitrogens is 3. The molecule has 1 aliphatic rings. The topological polar surface area (TPSA) is 66.5 Å². The van der Waals surface area contributed by atoms with Crippen LogP contribution in [-0.4, -0.2) is 55.4 Å². The van der Waals surface area contributed by atoms with E-state index in [1.807, 2.05) is 36.4 Å². The van der Waals surface area contributed by atoms with Gasteiger partial charge < -0.3 is 24.3 Å². The molecule has 0 radical (unpaired) electrons. The fourth-order valence-electron chi connectivity index (χ4n) is 4.26. The van der Waals surface area contributed by atoms with Gasteiger partial charge in [0, 0.05) is 43.3 Å². The molecule has 0 saturated carbocycles. The summed E-state index contributed by atoms with van der Waals surface area (Å²) in [6, 6.07) is 11.6. The van der Waals surface area contributed by atoms with Gasteiger partial charge in [-0.15, -0.1) is 0 Å². The molecule has 1 fully saturated rings. The van der Waals surface area contributed by atoms with E-state index in [1.54, 1.807) is 20.5 Å². The molecule has 2 aromatic carbocycles. The fourth-order valence-corrected chi connectivity index (χ4v) is 4.26. The molecule has 0 spiro atoms. The molecule has 2 aromatic heterocycles. The molecule has 1 saturated heterocycles. The number of anilines is 2. The summed E-state index contributed by atoms with van der Waals surface area (Å²) in [6.07, 6.45) is 1.61. The van der Waals surface area contributed by atoms with E-state index in [2.05, 4.69) is 24.8 Å². The molecule has 3 heterocycles. The number of fused-ring (bicyclic) bond motifs is 3. The van der Waals surface area contributed by atoms with Crippen molar-refractivity contribution >= 4 is 33.4 Å². The van der Waals surface area contributed by atoms with Gasteiger partial charge in [0.05, 0.1) is 19.7 Å². The number of rotatable bonds is 5. The summed E-state index contributed by atoms with van der Waals surface area (Å²) in [4.78, 5) is 17.1. The number of aromatic amines is 1. The Kier molecular flexibility index (Phi) is 4.97. The summed E-state index contributed by atoms with van der Waals surface area (Å²) in [6.45, 7) is 2.86. The fraction of sp³-hybridized carbons (Fsp3) is 0.304. The van der Waals surface area contributed by atoms with E-state index in [9.17, 15) is 4.39 Å². The molecule has 8 heteroatoms. The van der Waals surface area contributed by atoms with Gasteiger partial charge in [0.15, 0.2) is 17.3 Å². The number of hydrogen-bond acceptors (Lipinski definition) is 6. The van der Waals surface area contributed by atoms with Gasteiger partial charge in [-0.3, -0.25) is 0 Å². The summed E-state index contributed by atoms with van der Waals surface area (Å²) < 4.78 is 23.9. The Bertz CT molecular complexity index is 1230. The van der Waals surface area contributed by atoms with Crippen LogP contribution < -0.4 is 19.3 Å². The van der Waals surface area contributed by atoms with Crippen LogP contribution in [0.4, 0.5) is 15.9 Å². The quantitative estimate of drug-likeness (QED) is 0.527. The van der Waals surface area contributed by atoms with Gasteiger partial charge in [-0.25, -0.2) is 14.4 Å². The Morgan fingerprint density at radius 3 is 2.45 bits per heavy atom. The lowest BCUT2D eigenvalue weighted by molar-refractivity contribution is 0.356. The molecule has 160 valence electrons. The highest BCUT2D eigenvalue weighted by Gasteiger charge is 2.22. The van der Waals surface area contributed by atoms with Gasteiger partial charge >= 0.3 is 0 Å². The number of nitrogens with zero attached hydrogens (tertiary/aromatic N) is 4. The van der Waals surface area contributed by atoms with E-state index in [-0.39, 0.29) is 0 Å². The monoisotopic (exact) mass is 421 g/mol. The Balaban J connectivity index is 1.45. The first-order chi connectivity index (χ1) is 15.2. The predicted octanol–water partition coefficient (Wildman–Crippen LogP) is 3.92.